The second-order valence-corrected chi connectivity index (χ2v) is 10.5. The lowest BCUT2D eigenvalue weighted by Gasteiger charge is -2.34. The lowest BCUT2D eigenvalue weighted by Crippen LogP contribution is -2.41. The molecule has 2 aliphatic rings. The molecule has 0 aliphatic carbocycles. The van der Waals surface area contributed by atoms with Gasteiger partial charge >= 0.3 is 0 Å². The van der Waals surface area contributed by atoms with Gasteiger partial charge in [0.1, 0.15) is 5.75 Å². The topological polar surface area (TPSA) is 88.2 Å². The fourth-order valence-electron chi connectivity index (χ4n) is 4.53. The minimum atomic E-state index is -3.72. The van der Waals surface area contributed by atoms with Crippen molar-refractivity contribution in [3.63, 3.8) is 0 Å². The number of morpholine rings is 1. The van der Waals surface area contributed by atoms with Crippen molar-refractivity contribution < 1.29 is 22.7 Å². The first-order valence-corrected chi connectivity index (χ1v) is 12.6. The smallest absolute Gasteiger partial charge is 0.257 e. The summed E-state index contributed by atoms with van der Waals surface area (Å²) >= 11 is 0. The lowest BCUT2D eigenvalue weighted by molar-refractivity contribution is 0.0300. The van der Waals surface area contributed by atoms with Crippen molar-refractivity contribution in [2.45, 2.75) is 31.6 Å². The third kappa shape index (κ3) is 6.41. The Hall–Kier alpha value is -1.68. The fourth-order valence-corrected chi connectivity index (χ4v) is 5.63. The molecule has 2 saturated heterocycles. The van der Waals surface area contributed by atoms with E-state index in [2.05, 4.69) is 23.5 Å². The van der Waals surface area contributed by atoms with E-state index in [0.717, 1.165) is 26.1 Å². The second kappa shape index (κ2) is 10.8. The molecule has 0 aromatic heterocycles. The number of nitrogens with zero attached hydrogens (tertiary/aromatic N) is 2. The highest BCUT2D eigenvalue weighted by molar-refractivity contribution is 7.89. The number of hydrogen-bond donors (Lipinski definition) is 1. The molecule has 31 heavy (non-hydrogen) atoms. The van der Waals surface area contributed by atoms with Gasteiger partial charge in [0.2, 0.25) is 10.0 Å². The summed E-state index contributed by atoms with van der Waals surface area (Å²) in [6, 6.07) is 4.43. The van der Waals surface area contributed by atoms with Crippen LogP contribution in [0.2, 0.25) is 0 Å². The number of methoxy groups -OCH3 is 1. The number of sulfonamides is 1. The molecular formula is C22H35N3O5S. The van der Waals surface area contributed by atoms with Crippen molar-refractivity contribution in [1.29, 1.82) is 0 Å². The molecule has 9 heteroatoms. The third-order valence-corrected chi connectivity index (χ3v) is 7.36. The molecule has 8 nitrogen and oxygen atoms in total. The summed E-state index contributed by atoms with van der Waals surface area (Å²) in [7, 11) is -2.24. The van der Waals surface area contributed by atoms with Gasteiger partial charge in [0.25, 0.3) is 5.91 Å². The van der Waals surface area contributed by atoms with Crippen molar-refractivity contribution in [2.24, 2.45) is 11.8 Å². The number of rotatable bonds is 8. The van der Waals surface area contributed by atoms with Gasteiger partial charge in [-0.05, 0) is 49.4 Å². The number of carbonyl (C=O) groups excluding carboxylic acids is 1. The largest absolute Gasteiger partial charge is 0.496 e. The molecule has 2 heterocycles. The minimum Gasteiger partial charge on any atom is -0.496 e. The van der Waals surface area contributed by atoms with Crippen LogP contribution in [0.1, 0.15) is 37.0 Å². The van der Waals surface area contributed by atoms with E-state index in [1.165, 1.54) is 25.7 Å². The van der Waals surface area contributed by atoms with E-state index in [9.17, 15) is 13.2 Å². The second-order valence-electron chi connectivity index (χ2n) is 8.72. The fraction of sp³-hybridized carbons (Fsp3) is 0.682. The van der Waals surface area contributed by atoms with E-state index >= 15 is 0 Å². The lowest BCUT2D eigenvalue weighted by atomic mass is 9.92. The molecule has 1 N–H and O–H groups in total. The molecule has 2 atom stereocenters. The number of ether oxygens (including phenoxy) is 2. The van der Waals surface area contributed by atoms with E-state index < -0.39 is 10.0 Å². The van der Waals surface area contributed by atoms with Gasteiger partial charge in [-0.2, -0.15) is 0 Å². The molecule has 1 aromatic rings. The molecule has 0 bridgehead atoms. The van der Waals surface area contributed by atoms with Crippen LogP contribution < -0.4 is 9.46 Å². The highest BCUT2D eigenvalue weighted by Gasteiger charge is 2.25. The molecule has 0 radical (unpaired) electrons. The first-order chi connectivity index (χ1) is 14.8. The van der Waals surface area contributed by atoms with E-state index in [1.54, 1.807) is 11.0 Å². The van der Waals surface area contributed by atoms with E-state index in [0.29, 0.717) is 50.4 Å². The van der Waals surface area contributed by atoms with Crippen LogP contribution in [0.5, 0.6) is 5.75 Å². The van der Waals surface area contributed by atoms with Crippen LogP contribution in [-0.4, -0.2) is 83.7 Å². The zero-order chi connectivity index (χ0) is 22.4. The number of carbonyl (C=O) groups is 1. The summed E-state index contributed by atoms with van der Waals surface area (Å²) in [5.41, 5.74) is 0.253. The number of hydrogen-bond acceptors (Lipinski definition) is 6. The molecule has 1 amide bonds. The Balaban J connectivity index is 1.61. The van der Waals surface area contributed by atoms with Crippen LogP contribution in [-0.2, 0) is 14.8 Å². The monoisotopic (exact) mass is 453 g/mol. The van der Waals surface area contributed by atoms with Crippen LogP contribution in [0.4, 0.5) is 0 Å². The number of benzene rings is 1. The maximum Gasteiger partial charge on any atom is 0.257 e. The molecule has 0 saturated carbocycles. The Morgan fingerprint density at radius 3 is 2.52 bits per heavy atom. The van der Waals surface area contributed by atoms with Gasteiger partial charge in [0, 0.05) is 32.7 Å². The first kappa shape index (κ1) is 24.0. The summed E-state index contributed by atoms with van der Waals surface area (Å²) in [6.07, 6.45) is 2.00. The summed E-state index contributed by atoms with van der Waals surface area (Å²) in [4.78, 5) is 17.1. The normalized spacial score (nSPS) is 23.0. The molecular weight excluding hydrogens is 418 g/mol. The molecule has 3 rings (SSSR count). The van der Waals surface area contributed by atoms with Crippen LogP contribution in [0.3, 0.4) is 0 Å². The molecule has 2 unspecified atom stereocenters. The summed E-state index contributed by atoms with van der Waals surface area (Å²) in [5, 5.41) is 0. The van der Waals surface area contributed by atoms with Crippen LogP contribution in [0.15, 0.2) is 23.1 Å². The van der Waals surface area contributed by atoms with Crippen LogP contribution in [0.25, 0.3) is 0 Å². The first-order valence-electron chi connectivity index (χ1n) is 11.1. The quantitative estimate of drug-likeness (QED) is 0.604. The number of piperidine rings is 1. The average molecular weight is 454 g/mol. The SMILES string of the molecule is COc1ccc(S(=O)(=O)NCCCN2CC(C)CC(C)C2)cc1C(=O)N1CCOCC1. The van der Waals surface area contributed by atoms with Crippen LogP contribution >= 0.6 is 0 Å². The van der Waals surface area contributed by atoms with Crippen molar-refractivity contribution in [1.82, 2.24) is 14.5 Å². The Kier molecular flexibility index (Phi) is 8.32. The Morgan fingerprint density at radius 2 is 1.87 bits per heavy atom. The maximum absolute atomic E-state index is 12.9. The molecule has 1 aromatic carbocycles. The Labute approximate surface area is 185 Å². The molecule has 0 spiro atoms. The third-order valence-electron chi connectivity index (χ3n) is 5.90. The highest BCUT2D eigenvalue weighted by Crippen LogP contribution is 2.25. The van der Waals surface area contributed by atoms with Gasteiger partial charge in [0.05, 0.1) is 30.8 Å². The predicted octanol–water partition coefficient (Wildman–Crippen LogP) is 1.81. The van der Waals surface area contributed by atoms with Crippen molar-refractivity contribution >= 4 is 15.9 Å². The number of nitrogens with one attached hydrogen (secondary N) is 1. The van der Waals surface area contributed by atoms with Gasteiger partial charge in [-0.15, -0.1) is 0 Å². The van der Waals surface area contributed by atoms with Crippen molar-refractivity contribution in [3.8, 4) is 5.75 Å². The van der Waals surface area contributed by atoms with Gasteiger partial charge in [-0.25, -0.2) is 13.1 Å². The van der Waals surface area contributed by atoms with Gasteiger partial charge < -0.3 is 19.3 Å². The zero-order valence-electron chi connectivity index (χ0n) is 18.8. The van der Waals surface area contributed by atoms with E-state index in [1.807, 2.05) is 0 Å². The standard InChI is InChI=1S/C22H35N3O5S/c1-17-13-18(2)16-24(15-17)8-4-7-23-31(27,28)19-5-6-21(29-3)20(14-19)22(26)25-9-11-30-12-10-25/h5-6,14,17-18,23H,4,7-13,15-16H2,1-3H3. The Bertz CT molecular complexity index is 845. The average Bonchev–Trinajstić information content (AvgIpc) is 2.75. The number of likely N-dealkylation sites (tertiary alicyclic amines) is 1. The minimum absolute atomic E-state index is 0.0742. The summed E-state index contributed by atoms with van der Waals surface area (Å²) in [6.45, 7) is 9.82. The molecule has 2 fully saturated rings. The van der Waals surface area contributed by atoms with E-state index in [-0.39, 0.29) is 16.4 Å². The maximum atomic E-state index is 12.9. The summed E-state index contributed by atoms with van der Waals surface area (Å²) < 4.78 is 38.9. The summed E-state index contributed by atoms with van der Waals surface area (Å²) in [5.74, 6) is 1.48. The number of amides is 1. The molecule has 2 aliphatic heterocycles. The van der Waals surface area contributed by atoms with Crippen molar-refractivity contribution in [2.75, 3.05) is 59.6 Å². The van der Waals surface area contributed by atoms with Gasteiger partial charge in [-0.3, -0.25) is 4.79 Å². The highest BCUT2D eigenvalue weighted by atomic mass is 32.2. The van der Waals surface area contributed by atoms with E-state index in [4.69, 9.17) is 9.47 Å². The van der Waals surface area contributed by atoms with Gasteiger partial charge in [-0.1, -0.05) is 13.8 Å². The Morgan fingerprint density at radius 1 is 1.19 bits per heavy atom. The van der Waals surface area contributed by atoms with Crippen molar-refractivity contribution in [3.05, 3.63) is 23.8 Å². The van der Waals surface area contributed by atoms with Gasteiger partial charge in [0.15, 0.2) is 0 Å². The zero-order valence-corrected chi connectivity index (χ0v) is 19.6. The van der Waals surface area contributed by atoms with Crippen LogP contribution in [0, 0.1) is 11.8 Å². The molecule has 174 valence electrons. The predicted molar refractivity (Wildman–Crippen MR) is 119 cm³/mol.